The third-order valence-electron chi connectivity index (χ3n) is 8.55. The van der Waals surface area contributed by atoms with E-state index in [4.69, 9.17) is 9.72 Å². The van der Waals surface area contributed by atoms with Crippen LogP contribution in [0.5, 0.6) is 0 Å². The van der Waals surface area contributed by atoms with Gasteiger partial charge in [0.25, 0.3) is 0 Å². The van der Waals surface area contributed by atoms with Crippen molar-refractivity contribution in [1.29, 1.82) is 0 Å². The smallest absolute Gasteiger partial charge is 0.414 e. The molecule has 4 atom stereocenters. The van der Waals surface area contributed by atoms with E-state index < -0.39 is 6.10 Å². The van der Waals surface area contributed by atoms with Gasteiger partial charge in [0.2, 0.25) is 0 Å². The number of ether oxygens (including phenoxy) is 1. The van der Waals surface area contributed by atoms with Crippen LogP contribution in [0.15, 0.2) is 12.1 Å². The highest BCUT2D eigenvalue weighted by Gasteiger charge is 2.36. The van der Waals surface area contributed by atoms with E-state index in [1.54, 1.807) is 11.8 Å². The minimum absolute atomic E-state index is 0.0534. The number of carbonyl (C=O) groups excluding carboxylic acids is 2. The summed E-state index contributed by atoms with van der Waals surface area (Å²) in [5.41, 5.74) is 3.81. The lowest BCUT2D eigenvalue weighted by Gasteiger charge is -2.34. The van der Waals surface area contributed by atoms with Gasteiger partial charge < -0.3 is 14.4 Å². The number of methoxy groups -OCH3 is 1. The molecule has 2 heterocycles. The molecule has 34 heavy (non-hydrogen) atoms. The Morgan fingerprint density at radius 3 is 2.59 bits per heavy atom. The zero-order chi connectivity index (χ0) is 24.0. The molecule has 3 aliphatic rings. The maximum atomic E-state index is 12.6. The second-order valence-electron chi connectivity index (χ2n) is 10.6. The molecule has 0 radical (unpaired) electrons. The Hall–Kier alpha value is -2.41. The van der Waals surface area contributed by atoms with E-state index in [1.807, 2.05) is 13.0 Å². The number of imidazole rings is 1. The van der Waals surface area contributed by atoms with Crippen LogP contribution >= 0.6 is 0 Å². The van der Waals surface area contributed by atoms with E-state index >= 15 is 0 Å². The number of aryl methyl sites for hydroxylation is 1. The number of benzene rings is 1. The van der Waals surface area contributed by atoms with Crippen molar-refractivity contribution >= 4 is 28.6 Å². The molecule has 1 aromatic heterocycles. The zero-order valence-corrected chi connectivity index (χ0v) is 20.6. The van der Waals surface area contributed by atoms with Crippen LogP contribution < -0.4 is 4.90 Å². The van der Waals surface area contributed by atoms with Gasteiger partial charge in [0.15, 0.2) is 0 Å². The molecular formula is C27H37N3O4. The zero-order valence-electron chi connectivity index (χ0n) is 20.6. The molecule has 7 nitrogen and oxygen atoms in total. The predicted molar refractivity (Wildman–Crippen MR) is 131 cm³/mol. The first-order valence-electron chi connectivity index (χ1n) is 13.0. The van der Waals surface area contributed by atoms with Crippen molar-refractivity contribution in [3.05, 3.63) is 23.5 Å². The third kappa shape index (κ3) is 3.92. The molecule has 0 saturated heterocycles. The van der Waals surface area contributed by atoms with E-state index in [1.165, 1.54) is 7.11 Å². The molecule has 2 aromatic rings. The summed E-state index contributed by atoms with van der Waals surface area (Å²) in [6.07, 6.45) is 8.80. The quantitative estimate of drug-likeness (QED) is 0.643. The van der Waals surface area contributed by atoms with E-state index in [-0.39, 0.29) is 35.8 Å². The third-order valence-corrected chi connectivity index (χ3v) is 8.55. The number of carbonyl (C=O) groups is 2. The normalized spacial score (nSPS) is 26.5. The van der Waals surface area contributed by atoms with Crippen LogP contribution in [-0.2, 0) is 16.0 Å². The van der Waals surface area contributed by atoms with Gasteiger partial charge in [-0.15, -0.1) is 0 Å². The Balaban J connectivity index is 1.65. The SMILES string of the molecule is COC(=O)N1c2ccc3c(nc([C@@H](O)C4CCCC4)n3[C@@H]3CCC[C@@H](C(C)=O)C3)c2CC[C@@H]1C. The fourth-order valence-electron chi connectivity index (χ4n) is 6.64. The van der Waals surface area contributed by atoms with Crippen LogP contribution in [0.1, 0.15) is 95.2 Å². The van der Waals surface area contributed by atoms with E-state index in [0.29, 0.717) is 0 Å². The summed E-state index contributed by atoms with van der Waals surface area (Å²) in [4.78, 5) is 31.7. The summed E-state index contributed by atoms with van der Waals surface area (Å²) < 4.78 is 7.34. The molecule has 1 amide bonds. The number of Topliss-reactive ketones (excluding diaryl/α,β-unsaturated/α-hetero) is 1. The standard InChI is InChI=1S/C27H37N3O4/c1-16-11-12-21-22(29(16)27(33)34-3)13-14-23-24(21)28-26(25(32)18-7-4-5-8-18)30(23)20-10-6-9-19(15-20)17(2)31/h13-14,16,18-20,25,32H,4-12,15H2,1-3H3/t16-,19+,20+,25-/m0/s1. The number of rotatable bonds is 4. The van der Waals surface area contributed by atoms with Crippen LogP contribution in [0.3, 0.4) is 0 Å². The lowest BCUT2D eigenvalue weighted by molar-refractivity contribution is -0.122. The molecule has 2 aliphatic carbocycles. The predicted octanol–water partition coefficient (Wildman–Crippen LogP) is 5.49. The van der Waals surface area contributed by atoms with Gasteiger partial charge in [-0.1, -0.05) is 19.3 Å². The molecule has 0 spiro atoms. The number of hydrogen-bond acceptors (Lipinski definition) is 5. The highest BCUT2D eigenvalue weighted by molar-refractivity contribution is 5.95. The Morgan fingerprint density at radius 1 is 1.12 bits per heavy atom. The highest BCUT2D eigenvalue weighted by Crippen LogP contribution is 2.44. The molecule has 1 N–H and O–H groups in total. The maximum Gasteiger partial charge on any atom is 0.414 e. The molecule has 2 fully saturated rings. The molecule has 184 valence electrons. The Morgan fingerprint density at radius 2 is 1.88 bits per heavy atom. The summed E-state index contributed by atoms with van der Waals surface area (Å²) in [6.45, 7) is 3.74. The average Bonchev–Trinajstić information content (AvgIpc) is 3.51. The first-order valence-corrected chi connectivity index (χ1v) is 13.0. The number of hydrogen-bond donors (Lipinski definition) is 1. The molecule has 7 heteroatoms. The van der Waals surface area contributed by atoms with Crippen molar-refractivity contribution in [2.24, 2.45) is 11.8 Å². The summed E-state index contributed by atoms with van der Waals surface area (Å²) >= 11 is 0. The number of anilines is 1. The first-order chi connectivity index (χ1) is 16.4. The van der Waals surface area contributed by atoms with Crippen LogP contribution in [0.25, 0.3) is 11.0 Å². The van der Waals surface area contributed by atoms with Gasteiger partial charge in [-0.3, -0.25) is 9.69 Å². The van der Waals surface area contributed by atoms with Crippen LogP contribution in [0, 0.1) is 11.8 Å². The first kappa shape index (κ1) is 23.3. The van der Waals surface area contributed by atoms with Crippen molar-refractivity contribution in [1.82, 2.24) is 9.55 Å². The van der Waals surface area contributed by atoms with Gasteiger partial charge in [-0.05, 0) is 76.8 Å². The fraction of sp³-hybridized carbons (Fsp3) is 0.667. The Kier molecular flexibility index (Phi) is 6.40. The Labute approximate surface area is 201 Å². The summed E-state index contributed by atoms with van der Waals surface area (Å²) in [6, 6.07) is 4.27. The number of aromatic nitrogens is 2. The van der Waals surface area contributed by atoms with Gasteiger partial charge in [0, 0.05) is 23.6 Å². The molecule has 1 aromatic carbocycles. The minimum atomic E-state index is -0.609. The van der Waals surface area contributed by atoms with Crippen molar-refractivity contribution in [3.63, 3.8) is 0 Å². The number of nitrogens with zero attached hydrogens (tertiary/aromatic N) is 3. The van der Waals surface area contributed by atoms with Crippen molar-refractivity contribution in [2.75, 3.05) is 12.0 Å². The molecule has 0 unspecified atom stereocenters. The second kappa shape index (κ2) is 9.33. The van der Waals surface area contributed by atoms with Gasteiger partial charge in [-0.2, -0.15) is 0 Å². The van der Waals surface area contributed by atoms with E-state index in [2.05, 4.69) is 10.6 Å². The number of aliphatic hydroxyl groups is 1. The number of amides is 1. The second-order valence-corrected chi connectivity index (χ2v) is 10.6. The van der Waals surface area contributed by atoms with Gasteiger partial charge in [-0.25, -0.2) is 9.78 Å². The van der Waals surface area contributed by atoms with Crippen LogP contribution in [0.4, 0.5) is 10.5 Å². The van der Waals surface area contributed by atoms with E-state index in [0.717, 1.165) is 92.3 Å². The van der Waals surface area contributed by atoms with Crippen molar-refractivity contribution < 1.29 is 19.4 Å². The monoisotopic (exact) mass is 467 g/mol. The average molecular weight is 468 g/mol. The van der Waals surface area contributed by atoms with Crippen molar-refractivity contribution in [2.45, 2.75) is 96.2 Å². The molecule has 1 aliphatic heterocycles. The van der Waals surface area contributed by atoms with Gasteiger partial charge >= 0.3 is 6.09 Å². The molecular weight excluding hydrogens is 430 g/mol. The lowest BCUT2D eigenvalue weighted by atomic mass is 9.83. The lowest BCUT2D eigenvalue weighted by Crippen LogP contribution is -2.42. The van der Waals surface area contributed by atoms with Gasteiger partial charge in [0.05, 0.1) is 23.8 Å². The number of fused-ring (bicyclic) bond motifs is 3. The number of ketones is 1. The van der Waals surface area contributed by atoms with Crippen LogP contribution in [-0.4, -0.2) is 39.7 Å². The maximum absolute atomic E-state index is 12.6. The summed E-state index contributed by atoms with van der Waals surface area (Å²) in [7, 11) is 1.42. The fourth-order valence-corrected chi connectivity index (χ4v) is 6.64. The van der Waals surface area contributed by atoms with Gasteiger partial charge in [0.1, 0.15) is 17.7 Å². The largest absolute Gasteiger partial charge is 0.452 e. The minimum Gasteiger partial charge on any atom is -0.452 e. The highest BCUT2D eigenvalue weighted by atomic mass is 16.5. The topological polar surface area (TPSA) is 84.7 Å². The number of aliphatic hydroxyl groups excluding tert-OH is 1. The summed E-state index contributed by atoms with van der Waals surface area (Å²) in [5, 5.41) is 11.5. The van der Waals surface area contributed by atoms with E-state index in [9.17, 15) is 14.7 Å². The molecule has 5 rings (SSSR count). The molecule has 2 saturated carbocycles. The summed E-state index contributed by atoms with van der Waals surface area (Å²) in [5.74, 6) is 1.30. The van der Waals surface area contributed by atoms with Crippen LogP contribution in [0.2, 0.25) is 0 Å². The molecule has 0 bridgehead atoms. The Bertz CT molecular complexity index is 1090. The van der Waals surface area contributed by atoms with Crippen molar-refractivity contribution in [3.8, 4) is 0 Å².